The van der Waals surface area contributed by atoms with Gasteiger partial charge in [0, 0.05) is 12.2 Å². The van der Waals surface area contributed by atoms with Crippen LogP contribution >= 0.6 is 0 Å². The largest absolute Gasteiger partial charge is 0.497 e. The summed E-state index contributed by atoms with van der Waals surface area (Å²) in [5.74, 6) is 0.487. The van der Waals surface area contributed by atoms with Gasteiger partial charge in [-0.15, -0.1) is 0 Å². The van der Waals surface area contributed by atoms with E-state index in [2.05, 4.69) is 0 Å². The lowest BCUT2D eigenvalue weighted by molar-refractivity contribution is 0.0473. The van der Waals surface area contributed by atoms with Crippen molar-refractivity contribution in [2.45, 2.75) is 13.5 Å². The van der Waals surface area contributed by atoms with Crippen molar-refractivity contribution in [3.63, 3.8) is 0 Å². The second-order valence-electron chi connectivity index (χ2n) is 5.73. The van der Waals surface area contributed by atoms with Gasteiger partial charge >= 0.3 is 5.97 Å². The number of ether oxygens (including phenoxy) is 5. The Kier molecular flexibility index (Phi) is 7.83. The van der Waals surface area contributed by atoms with Gasteiger partial charge in [0.05, 0.1) is 39.1 Å². The Balaban J connectivity index is 2.10. The van der Waals surface area contributed by atoms with Crippen LogP contribution in [0.25, 0.3) is 0 Å². The molecule has 0 fully saturated rings. The zero-order valence-electron chi connectivity index (χ0n) is 16.4. The van der Waals surface area contributed by atoms with E-state index in [4.69, 9.17) is 23.7 Å². The maximum atomic E-state index is 12.5. The molecular weight excluding hydrogens is 364 g/mol. The number of ketones is 1. The maximum absolute atomic E-state index is 12.5. The number of esters is 1. The van der Waals surface area contributed by atoms with Gasteiger partial charge in [0.1, 0.15) is 17.2 Å². The molecule has 0 saturated heterocycles. The van der Waals surface area contributed by atoms with Crippen LogP contribution in [0.2, 0.25) is 0 Å². The first kappa shape index (κ1) is 21.2. The van der Waals surface area contributed by atoms with E-state index in [1.54, 1.807) is 43.5 Å². The number of carbonyl (C=O) groups excluding carboxylic acids is 2. The Morgan fingerprint density at radius 1 is 0.893 bits per heavy atom. The van der Waals surface area contributed by atoms with Gasteiger partial charge in [0.15, 0.2) is 6.61 Å². The average molecular weight is 388 g/mol. The van der Waals surface area contributed by atoms with Gasteiger partial charge in [0.25, 0.3) is 0 Å². The summed E-state index contributed by atoms with van der Waals surface area (Å²) in [5.41, 5.74) is 1.31. The summed E-state index contributed by atoms with van der Waals surface area (Å²) in [6, 6.07) is 9.72. The minimum atomic E-state index is -0.615. The second kappa shape index (κ2) is 10.3. The molecule has 7 nitrogen and oxygen atoms in total. The number of carbonyl (C=O) groups is 2. The first-order valence-corrected chi connectivity index (χ1v) is 8.71. The van der Waals surface area contributed by atoms with Crippen LogP contribution in [0.3, 0.4) is 0 Å². The Morgan fingerprint density at radius 2 is 1.61 bits per heavy atom. The van der Waals surface area contributed by atoms with Gasteiger partial charge in [-0.05, 0) is 43.3 Å². The SMILES string of the molecule is CCOCc1cc(C(=O)OCC(=O)c2cc(OC)ccc2OC)ccc1OC. The summed E-state index contributed by atoms with van der Waals surface area (Å²) in [5, 5.41) is 0. The first-order chi connectivity index (χ1) is 13.5. The van der Waals surface area contributed by atoms with E-state index in [-0.39, 0.29) is 5.56 Å². The second-order valence-corrected chi connectivity index (χ2v) is 5.73. The summed E-state index contributed by atoms with van der Waals surface area (Å²) < 4.78 is 26.2. The lowest BCUT2D eigenvalue weighted by atomic mass is 10.1. The molecule has 0 saturated carbocycles. The highest BCUT2D eigenvalue weighted by atomic mass is 16.5. The zero-order valence-corrected chi connectivity index (χ0v) is 16.4. The Labute approximate surface area is 164 Å². The molecule has 0 aliphatic carbocycles. The first-order valence-electron chi connectivity index (χ1n) is 8.71. The molecule has 7 heteroatoms. The van der Waals surface area contributed by atoms with Crippen molar-refractivity contribution >= 4 is 11.8 Å². The van der Waals surface area contributed by atoms with Crippen LogP contribution in [-0.4, -0.2) is 46.3 Å². The summed E-state index contributed by atoms with van der Waals surface area (Å²) in [7, 11) is 4.50. The van der Waals surface area contributed by atoms with E-state index in [0.29, 0.717) is 36.0 Å². The van der Waals surface area contributed by atoms with Crippen molar-refractivity contribution in [1.29, 1.82) is 0 Å². The van der Waals surface area contributed by atoms with Crippen LogP contribution in [0.1, 0.15) is 33.2 Å². The topological polar surface area (TPSA) is 80.3 Å². The highest BCUT2D eigenvalue weighted by Crippen LogP contribution is 2.25. The molecule has 2 aromatic rings. The number of Topliss-reactive ketones (excluding diaryl/α,β-unsaturated/α-hetero) is 1. The van der Waals surface area contributed by atoms with E-state index >= 15 is 0 Å². The maximum Gasteiger partial charge on any atom is 0.338 e. The van der Waals surface area contributed by atoms with Crippen molar-refractivity contribution in [2.24, 2.45) is 0 Å². The third kappa shape index (κ3) is 5.23. The van der Waals surface area contributed by atoms with Crippen molar-refractivity contribution in [3.05, 3.63) is 53.1 Å². The van der Waals surface area contributed by atoms with Crippen LogP contribution in [-0.2, 0) is 16.1 Å². The fourth-order valence-corrected chi connectivity index (χ4v) is 2.55. The third-order valence-corrected chi connectivity index (χ3v) is 4.02. The molecule has 0 unspecified atom stereocenters. The van der Waals surface area contributed by atoms with Crippen LogP contribution in [0.4, 0.5) is 0 Å². The lowest BCUT2D eigenvalue weighted by Crippen LogP contribution is -2.15. The van der Waals surface area contributed by atoms with E-state index in [1.165, 1.54) is 14.2 Å². The van der Waals surface area contributed by atoms with E-state index < -0.39 is 18.4 Å². The highest BCUT2D eigenvalue weighted by Gasteiger charge is 2.17. The Hall–Kier alpha value is -3.06. The summed E-state index contributed by atoms with van der Waals surface area (Å²) in [6.45, 7) is 2.30. The van der Waals surface area contributed by atoms with E-state index in [0.717, 1.165) is 5.56 Å². The molecule has 0 aliphatic heterocycles. The highest BCUT2D eigenvalue weighted by molar-refractivity contribution is 6.01. The molecular formula is C21H24O7. The number of hydrogen-bond donors (Lipinski definition) is 0. The standard InChI is InChI=1S/C21H24O7/c1-5-27-12-15-10-14(6-8-19(15)25-3)21(23)28-13-18(22)17-11-16(24-2)7-9-20(17)26-4/h6-11H,5,12-13H2,1-4H3. The Morgan fingerprint density at radius 3 is 2.25 bits per heavy atom. The number of methoxy groups -OCH3 is 3. The summed E-state index contributed by atoms with van der Waals surface area (Å²) >= 11 is 0. The van der Waals surface area contributed by atoms with Crippen molar-refractivity contribution in [3.8, 4) is 17.2 Å². The number of hydrogen-bond acceptors (Lipinski definition) is 7. The molecule has 2 aromatic carbocycles. The van der Waals surface area contributed by atoms with Crippen LogP contribution in [0.15, 0.2) is 36.4 Å². The van der Waals surface area contributed by atoms with Crippen LogP contribution in [0, 0.1) is 0 Å². The molecule has 28 heavy (non-hydrogen) atoms. The predicted octanol–water partition coefficient (Wildman–Crippen LogP) is 3.29. The fraction of sp³-hybridized carbons (Fsp3) is 0.333. The zero-order chi connectivity index (χ0) is 20.5. The lowest BCUT2D eigenvalue weighted by Gasteiger charge is -2.12. The van der Waals surface area contributed by atoms with Gasteiger partial charge in [-0.1, -0.05) is 0 Å². The number of rotatable bonds is 10. The molecule has 150 valence electrons. The van der Waals surface area contributed by atoms with Crippen molar-refractivity contribution < 1.29 is 33.3 Å². The minimum absolute atomic E-state index is 0.279. The molecule has 0 atom stereocenters. The quantitative estimate of drug-likeness (QED) is 0.456. The molecule has 0 spiro atoms. The molecule has 0 heterocycles. The summed E-state index contributed by atoms with van der Waals surface area (Å²) in [4.78, 5) is 24.9. The molecule has 0 radical (unpaired) electrons. The van der Waals surface area contributed by atoms with Gasteiger partial charge in [-0.25, -0.2) is 4.79 Å². The smallest absolute Gasteiger partial charge is 0.338 e. The number of benzene rings is 2. The molecule has 0 aromatic heterocycles. The minimum Gasteiger partial charge on any atom is -0.497 e. The molecule has 0 N–H and O–H groups in total. The fourth-order valence-electron chi connectivity index (χ4n) is 2.55. The van der Waals surface area contributed by atoms with E-state index in [1.807, 2.05) is 6.92 Å². The van der Waals surface area contributed by atoms with Gasteiger partial charge < -0.3 is 23.7 Å². The van der Waals surface area contributed by atoms with Crippen molar-refractivity contribution in [2.75, 3.05) is 34.5 Å². The van der Waals surface area contributed by atoms with E-state index in [9.17, 15) is 9.59 Å². The molecule has 2 rings (SSSR count). The Bertz CT molecular complexity index is 829. The van der Waals surface area contributed by atoms with Crippen molar-refractivity contribution in [1.82, 2.24) is 0 Å². The molecule has 0 aliphatic rings. The van der Waals surface area contributed by atoms with Gasteiger partial charge in [-0.3, -0.25) is 4.79 Å². The normalized spacial score (nSPS) is 10.3. The van der Waals surface area contributed by atoms with Gasteiger partial charge in [0.2, 0.25) is 5.78 Å². The third-order valence-electron chi connectivity index (χ3n) is 4.02. The van der Waals surface area contributed by atoms with Crippen LogP contribution in [0.5, 0.6) is 17.2 Å². The van der Waals surface area contributed by atoms with Gasteiger partial charge in [-0.2, -0.15) is 0 Å². The molecule has 0 bridgehead atoms. The summed E-state index contributed by atoms with van der Waals surface area (Å²) in [6.07, 6.45) is 0. The monoisotopic (exact) mass is 388 g/mol. The molecule has 0 amide bonds. The average Bonchev–Trinajstić information content (AvgIpc) is 2.74. The predicted molar refractivity (Wildman–Crippen MR) is 102 cm³/mol. The van der Waals surface area contributed by atoms with Crippen LogP contribution < -0.4 is 14.2 Å².